The van der Waals surface area contributed by atoms with Crippen LogP contribution in [0.1, 0.15) is 16.1 Å². The highest BCUT2D eigenvalue weighted by atomic mass is 35.5. The number of nitrogens with zero attached hydrogens (tertiary/aromatic N) is 1. The zero-order chi connectivity index (χ0) is 13.7. The molecule has 0 aliphatic heterocycles. The van der Waals surface area contributed by atoms with E-state index in [-0.39, 0.29) is 18.2 Å². The molecule has 0 amide bonds. The fourth-order valence-corrected chi connectivity index (χ4v) is 1.71. The van der Waals surface area contributed by atoms with E-state index >= 15 is 0 Å². The lowest BCUT2D eigenvalue weighted by atomic mass is 10.1. The van der Waals surface area contributed by atoms with Crippen LogP contribution in [0.2, 0.25) is 0 Å². The second-order valence-corrected chi connectivity index (χ2v) is 4.16. The molecule has 2 aromatic rings. The van der Waals surface area contributed by atoms with Gasteiger partial charge < -0.3 is 17.1 Å². The summed E-state index contributed by atoms with van der Waals surface area (Å²) in [6, 6.07) is 13.0. The van der Waals surface area contributed by atoms with Crippen molar-refractivity contribution < 1.29 is 26.5 Å². The molecule has 0 aliphatic rings. The molecular weight excluding hydrogens is 274 g/mol. The number of hydrogen-bond donors (Lipinski definition) is 0. The average molecular weight is 290 g/mol. The number of carbonyl (C=O) groups is 1. The molecule has 20 heavy (non-hydrogen) atoms. The Balaban J connectivity index is 0.00000200. The number of halogens is 1. The number of aryl methyl sites for hydroxylation is 1. The summed E-state index contributed by atoms with van der Waals surface area (Å²) < 4.78 is 6.96. The zero-order valence-corrected chi connectivity index (χ0v) is 12.2. The second kappa shape index (κ2) is 7.46. The van der Waals surface area contributed by atoms with E-state index in [2.05, 4.69) is 0 Å². The van der Waals surface area contributed by atoms with E-state index in [9.17, 15) is 4.79 Å². The van der Waals surface area contributed by atoms with Crippen LogP contribution in [0.25, 0.3) is 6.20 Å². The van der Waals surface area contributed by atoms with Crippen LogP contribution < -0.4 is 21.7 Å². The molecule has 1 aromatic carbocycles. The minimum absolute atomic E-state index is 0. The molecule has 2 rings (SSSR count). The van der Waals surface area contributed by atoms with Crippen LogP contribution in [0.5, 0.6) is 5.75 Å². The number of ketones is 1. The number of hydrogen-bond acceptors (Lipinski definition) is 2. The highest BCUT2D eigenvalue weighted by molar-refractivity contribution is 6.05. The summed E-state index contributed by atoms with van der Waals surface area (Å²) in [7, 11) is 1.60. The lowest BCUT2D eigenvalue weighted by Crippen LogP contribution is -3.00. The van der Waals surface area contributed by atoms with Crippen LogP contribution in [-0.4, -0.2) is 12.9 Å². The molecule has 104 valence electrons. The van der Waals surface area contributed by atoms with Gasteiger partial charge in [-0.3, -0.25) is 4.79 Å². The van der Waals surface area contributed by atoms with Crippen molar-refractivity contribution in [1.82, 2.24) is 0 Å². The third kappa shape index (κ3) is 3.93. The van der Waals surface area contributed by atoms with Gasteiger partial charge in [0.15, 0.2) is 23.9 Å². The van der Waals surface area contributed by atoms with Crippen molar-refractivity contribution in [2.24, 2.45) is 0 Å². The van der Waals surface area contributed by atoms with Gasteiger partial charge in [0, 0.05) is 24.6 Å². The van der Waals surface area contributed by atoms with Crippen molar-refractivity contribution in [2.45, 2.75) is 6.92 Å². The third-order valence-electron chi connectivity index (χ3n) is 2.86. The van der Waals surface area contributed by atoms with Gasteiger partial charge in [-0.05, 0) is 24.3 Å². The second-order valence-electron chi connectivity index (χ2n) is 4.16. The Morgan fingerprint density at radius 2 is 1.85 bits per heavy atom. The van der Waals surface area contributed by atoms with E-state index < -0.39 is 0 Å². The summed E-state index contributed by atoms with van der Waals surface area (Å²) in [5.74, 6) is 0.715. The fraction of sp³-hybridized carbons (Fsp3) is 0.125. The largest absolute Gasteiger partial charge is 1.00 e. The summed E-state index contributed by atoms with van der Waals surface area (Å²) in [6.07, 6.45) is 5.24. The quantitative estimate of drug-likeness (QED) is 0.438. The lowest BCUT2D eigenvalue weighted by molar-refractivity contribution is -0.575. The van der Waals surface area contributed by atoms with Gasteiger partial charge in [-0.25, -0.2) is 0 Å². The zero-order valence-electron chi connectivity index (χ0n) is 11.4. The maximum Gasteiger partial charge on any atom is 0.191 e. The Hall–Kier alpha value is -2.13. The summed E-state index contributed by atoms with van der Waals surface area (Å²) in [5, 5.41) is 0. The lowest BCUT2D eigenvalue weighted by Gasteiger charge is -1.99. The van der Waals surface area contributed by atoms with Crippen LogP contribution in [0, 0.1) is 6.92 Å². The van der Waals surface area contributed by atoms with Crippen LogP contribution in [0.3, 0.4) is 0 Å². The normalized spacial score (nSPS) is 10.1. The van der Waals surface area contributed by atoms with Crippen molar-refractivity contribution in [1.29, 1.82) is 0 Å². The molecule has 0 fully saturated rings. The minimum atomic E-state index is -0.0293. The predicted molar refractivity (Wildman–Crippen MR) is 74.0 cm³/mol. The third-order valence-corrected chi connectivity index (χ3v) is 2.86. The molecule has 0 spiro atoms. The van der Waals surface area contributed by atoms with Gasteiger partial charge in [-0.1, -0.05) is 6.07 Å². The molecule has 3 nitrogen and oxygen atoms in total. The van der Waals surface area contributed by atoms with Crippen LogP contribution in [0.4, 0.5) is 0 Å². The van der Waals surface area contributed by atoms with E-state index in [0.717, 1.165) is 11.4 Å². The maximum absolute atomic E-state index is 12.0. The number of carbonyl (C=O) groups excluding carboxylic acids is 1. The molecule has 0 N–H and O–H groups in total. The van der Waals surface area contributed by atoms with E-state index in [0.29, 0.717) is 5.56 Å². The maximum atomic E-state index is 12.0. The van der Waals surface area contributed by atoms with Gasteiger partial charge in [0.2, 0.25) is 0 Å². The topological polar surface area (TPSA) is 30.2 Å². The Morgan fingerprint density at radius 3 is 2.45 bits per heavy atom. The SMILES string of the molecule is COc1ccc(C(=O)C=C[n+]2ccccc2C)cc1.[Cl-]. The first-order valence-electron chi connectivity index (χ1n) is 6.04. The molecule has 0 radical (unpaired) electrons. The molecule has 1 heterocycles. The van der Waals surface area contributed by atoms with Crippen LogP contribution >= 0.6 is 0 Å². The molecule has 0 bridgehead atoms. The van der Waals surface area contributed by atoms with Crippen LogP contribution in [-0.2, 0) is 0 Å². The summed E-state index contributed by atoms with van der Waals surface area (Å²) in [5.41, 5.74) is 1.72. The summed E-state index contributed by atoms with van der Waals surface area (Å²) in [6.45, 7) is 1.99. The number of rotatable bonds is 4. The van der Waals surface area contributed by atoms with E-state index in [1.165, 1.54) is 0 Å². The Kier molecular flexibility index (Phi) is 5.94. The van der Waals surface area contributed by atoms with E-state index in [1.54, 1.807) is 43.7 Å². The van der Waals surface area contributed by atoms with Crippen LogP contribution in [0.15, 0.2) is 54.7 Å². The molecule has 0 aliphatic carbocycles. The molecule has 4 heteroatoms. The molecule has 0 unspecified atom stereocenters. The van der Waals surface area contributed by atoms with Gasteiger partial charge in [0.1, 0.15) is 5.75 Å². The molecule has 0 atom stereocenters. The van der Waals surface area contributed by atoms with Gasteiger partial charge in [0.05, 0.1) is 13.2 Å². The molecule has 1 aromatic heterocycles. The van der Waals surface area contributed by atoms with Gasteiger partial charge >= 0.3 is 0 Å². The van der Waals surface area contributed by atoms with Gasteiger partial charge in [-0.2, -0.15) is 4.57 Å². The summed E-state index contributed by atoms with van der Waals surface area (Å²) >= 11 is 0. The highest BCUT2D eigenvalue weighted by Gasteiger charge is 2.05. The average Bonchev–Trinajstić information content (AvgIpc) is 2.46. The first kappa shape index (κ1) is 15.9. The van der Waals surface area contributed by atoms with Crippen molar-refractivity contribution in [3.05, 3.63) is 66.0 Å². The predicted octanol–water partition coefficient (Wildman–Crippen LogP) is -0.351. The number of pyridine rings is 1. The number of methoxy groups -OCH3 is 1. The monoisotopic (exact) mass is 289 g/mol. The molecule has 0 saturated heterocycles. The van der Waals surface area contributed by atoms with Crippen molar-refractivity contribution in [3.63, 3.8) is 0 Å². The number of allylic oxidation sites excluding steroid dienone is 1. The first-order valence-corrected chi connectivity index (χ1v) is 6.04. The smallest absolute Gasteiger partial charge is 0.191 e. The standard InChI is InChI=1S/C16H16NO2.ClH/c1-13-5-3-4-11-17(13)12-10-16(18)14-6-8-15(19-2)9-7-14;/h3-12H,1-2H3;1H/q+1;/p-1. The molecular formula is C16H16ClNO2. The Bertz CT molecular complexity index is 606. The highest BCUT2D eigenvalue weighted by Crippen LogP contribution is 2.11. The minimum Gasteiger partial charge on any atom is -1.00 e. The number of aromatic nitrogens is 1. The Morgan fingerprint density at radius 1 is 1.15 bits per heavy atom. The van der Waals surface area contributed by atoms with Crippen molar-refractivity contribution in [3.8, 4) is 5.75 Å². The first-order chi connectivity index (χ1) is 9.20. The van der Waals surface area contributed by atoms with Crippen molar-refractivity contribution in [2.75, 3.05) is 7.11 Å². The van der Waals surface area contributed by atoms with Gasteiger partial charge in [-0.15, -0.1) is 0 Å². The number of ether oxygens (including phenoxy) is 1. The van der Waals surface area contributed by atoms with E-state index in [4.69, 9.17) is 4.74 Å². The number of benzene rings is 1. The van der Waals surface area contributed by atoms with Crippen molar-refractivity contribution >= 4 is 12.0 Å². The Labute approximate surface area is 124 Å². The fourth-order valence-electron chi connectivity index (χ4n) is 1.71. The molecule has 0 saturated carbocycles. The van der Waals surface area contributed by atoms with Gasteiger partial charge in [0.25, 0.3) is 0 Å². The summed E-state index contributed by atoms with van der Waals surface area (Å²) in [4.78, 5) is 12.0. The van der Waals surface area contributed by atoms with E-state index in [1.807, 2.05) is 35.9 Å².